The summed E-state index contributed by atoms with van der Waals surface area (Å²) in [5.41, 5.74) is 1.05. The predicted molar refractivity (Wildman–Crippen MR) is 54.7 cm³/mol. The molecule has 0 bridgehead atoms. The van der Waals surface area contributed by atoms with Crippen molar-refractivity contribution in [3.05, 3.63) is 36.0 Å². The summed E-state index contributed by atoms with van der Waals surface area (Å²) >= 11 is 0. The van der Waals surface area contributed by atoms with E-state index in [1.165, 1.54) is 25.4 Å². The Bertz CT molecular complexity index is 522. The lowest BCUT2D eigenvalue weighted by Gasteiger charge is -2.03. The number of benzene rings is 1. The van der Waals surface area contributed by atoms with Crippen LogP contribution in [0.1, 0.15) is 10.4 Å². The highest BCUT2D eigenvalue weighted by atomic mass is 16.5. The maximum Gasteiger partial charge on any atom is 0.338 e. The molecule has 4 nitrogen and oxygen atoms in total. The van der Waals surface area contributed by atoms with Crippen LogP contribution in [0.4, 0.5) is 0 Å². The van der Waals surface area contributed by atoms with E-state index in [1.54, 1.807) is 12.1 Å². The normalized spacial score (nSPS) is 10.2. The second-order valence-electron chi connectivity index (χ2n) is 3.05. The van der Waals surface area contributed by atoms with Crippen molar-refractivity contribution >= 4 is 16.9 Å². The smallest absolute Gasteiger partial charge is 0.338 e. The van der Waals surface area contributed by atoms with E-state index in [1.807, 2.05) is 0 Å². The van der Waals surface area contributed by atoms with Gasteiger partial charge in [-0.1, -0.05) is 0 Å². The zero-order valence-corrected chi connectivity index (χ0v) is 8.10. The van der Waals surface area contributed by atoms with Crippen LogP contribution >= 0.6 is 0 Å². The van der Waals surface area contributed by atoms with E-state index in [4.69, 9.17) is 0 Å². The quantitative estimate of drug-likeness (QED) is 0.717. The fourth-order valence-corrected chi connectivity index (χ4v) is 1.42. The molecule has 2 rings (SSSR count). The van der Waals surface area contributed by atoms with Crippen molar-refractivity contribution in [2.75, 3.05) is 7.11 Å². The molecule has 1 aromatic heterocycles. The van der Waals surface area contributed by atoms with Crippen LogP contribution < -0.4 is 0 Å². The summed E-state index contributed by atoms with van der Waals surface area (Å²) in [4.78, 5) is 15.5. The van der Waals surface area contributed by atoms with Gasteiger partial charge in [0, 0.05) is 11.6 Å². The van der Waals surface area contributed by atoms with Gasteiger partial charge in [0.15, 0.2) is 0 Å². The molecule has 1 N–H and O–H groups in total. The number of carbonyl (C=O) groups excluding carboxylic acids is 1. The Hall–Kier alpha value is -2.10. The predicted octanol–water partition coefficient (Wildman–Crippen LogP) is 1.73. The molecule has 0 aliphatic carbocycles. The average Bonchev–Trinajstić information content (AvgIpc) is 2.27. The number of aromatic nitrogens is 1. The number of methoxy groups -OCH3 is 1. The van der Waals surface area contributed by atoms with E-state index in [2.05, 4.69) is 9.72 Å². The molecule has 0 atom stereocenters. The van der Waals surface area contributed by atoms with E-state index >= 15 is 0 Å². The third-order valence-corrected chi connectivity index (χ3v) is 2.13. The van der Waals surface area contributed by atoms with E-state index in [0.29, 0.717) is 16.5 Å². The Kier molecular flexibility index (Phi) is 2.25. The fourth-order valence-electron chi connectivity index (χ4n) is 1.42. The maximum atomic E-state index is 11.4. The SMILES string of the molecule is COC(=O)c1ccnc2ccc(O)cc12. The zero-order chi connectivity index (χ0) is 10.8. The number of hydrogen-bond acceptors (Lipinski definition) is 4. The Morgan fingerprint density at radius 2 is 2.20 bits per heavy atom. The number of aromatic hydroxyl groups is 1. The monoisotopic (exact) mass is 203 g/mol. The number of phenols is 1. The molecule has 0 spiro atoms. The summed E-state index contributed by atoms with van der Waals surface area (Å²) < 4.78 is 4.64. The van der Waals surface area contributed by atoms with Crippen LogP contribution in [0, 0.1) is 0 Å². The first-order valence-corrected chi connectivity index (χ1v) is 4.38. The molecular formula is C11H9NO3. The lowest BCUT2D eigenvalue weighted by molar-refractivity contribution is 0.0603. The van der Waals surface area contributed by atoms with Crippen LogP contribution in [-0.4, -0.2) is 23.2 Å². The Morgan fingerprint density at radius 3 is 2.93 bits per heavy atom. The van der Waals surface area contributed by atoms with Gasteiger partial charge >= 0.3 is 5.97 Å². The lowest BCUT2D eigenvalue weighted by atomic mass is 10.1. The van der Waals surface area contributed by atoms with E-state index in [-0.39, 0.29) is 5.75 Å². The third kappa shape index (κ3) is 1.61. The van der Waals surface area contributed by atoms with E-state index in [0.717, 1.165) is 0 Å². The molecule has 0 fully saturated rings. The minimum Gasteiger partial charge on any atom is -0.508 e. The number of rotatable bonds is 1. The first-order valence-electron chi connectivity index (χ1n) is 4.38. The number of ether oxygens (including phenoxy) is 1. The van der Waals surface area contributed by atoms with Crippen molar-refractivity contribution in [1.29, 1.82) is 0 Å². The van der Waals surface area contributed by atoms with Gasteiger partial charge in [0.25, 0.3) is 0 Å². The third-order valence-electron chi connectivity index (χ3n) is 2.13. The van der Waals surface area contributed by atoms with Gasteiger partial charge in [0.2, 0.25) is 0 Å². The van der Waals surface area contributed by atoms with Gasteiger partial charge in [-0.25, -0.2) is 4.79 Å². The topological polar surface area (TPSA) is 59.4 Å². The average molecular weight is 203 g/mol. The number of pyridine rings is 1. The van der Waals surface area contributed by atoms with Crippen molar-refractivity contribution < 1.29 is 14.6 Å². The molecule has 1 heterocycles. The highest BCUT2D eigenvalue weighted by molar-refractivity contribution is 6.03. The number of esters is 1. The van der Waals surface area contributed by atoms with Crippen LogP contribution in [-0.2, 0) is 4.74 Å². The highest BCUT2D eigenvalue weighted by Gasteiger charge is 2.10. The molecule has 4 heteroatoms. The van der Waals surface area contributed by atoms with Gasteiger partial charge in [-0.3, -0.25) is 4.98 Å². The maximum absolute atomic E-state index is 11.4. The number of nitrogens with zero attached hydrogens (tertiary/aromatic N) is 1. The van der Waals surface area contributed by atoms with Gasteiger partial charge in [0.1, 0.15) is 5.75 Å². The van der Waals surface area contributed by atoms with Gasteiger partial charge in [0.05, 0.1) is 18.2 Å². The molecule has 0 amide bonds. The molecule has 0 unspecified atom stereocenters. The van der Waals surface area contributed by atoms with Crippen molar-refractivity contribution in [3.8, 4) is 5.75 Å². The molecule has 2 aromatic rings. The molecule has 0 aliphatic heterocycles. The van der Waals surface area contributed by atoms with Gasteiger partial charge in [-0.15, -0.1) is 0 Å². The van der Waals surface area contributed by atoms with E-state index in [9.17, 15) is 9.90 Å². The fraction of sp³-hybridized carbons (Fsp3) is 0.0909. The molecule has 1 aromatic carbocycles. The lowest BCUT2D eigenvalue weighted by Crippen LogP contribution is -2.02. The Labute approximate surface area is 86.1 Å². The number of carbonyl (C=O) groups is 1. The molecular weight excluding hydrogens is 194 g/mol. The molecule has 0 radical (unpaired) electrons. The summed E-state index contributed by atoms with van der Waals surface area (Å²) in [6.45, 7) is 0. The summed E-state index contributed by atoms with van der Waals surface area (Å²) in [5.74, 6) is -0.339. The van der Waals surface area contributed by atoms with Gasteiger partial charge in [-0.2, -0.15) is 0 Å². The summed E-state index contributed by atoms with van der Waals surface area (Å²) in [6, 6.07) is 6.23. The largest absolute Gasteiger partial charge is 0.508 e. The number of hydrogen-bond donors (Lipinski definition) is 1. The minimum atomic E-state index is -0.437. The van der Waals surface area contributed by atoms with Crippen LogP contribution in [0.5, 0.6) is 5.75 Å². The van der Waals surface area contributed by atoms with Crippen molar-refractivity contribution in [1.82, 2.24) is 4.98 Å². The van der Waals surface area contributed by atoms with Gasteiger partial charge in [-0.05, 0) is 24.3 Å². The molecule has 0 saturated heterocycles. The van der Waals surface area contributed by atoms with E-state index < -0.39 is 5.97 Å². The first kappa shape index (κ1) is 9.45. The molecule has 0 aliphatic rings. The van der Waals surface area contributed by atoms with Gasteiger partial charge < -0.3 is 9.84 Å². The number of phenolic OH excluding ortho intramolecular Hbond substituents is 1. The minimum absolute atomic E-state index is 0.0978. The first-order chi connectivity index (χ1) is 7.22. The molecule has 76 valence electrons. The molecule has 15 heavy (non-hydrogen) atoms. The summed E-state index contributed by atoms with van der Waals surface area (Å²) in [7, 11) is 1.32. The Balaban J connectivity index is 2.74. The zero-order valence-electron chi connectivity index (χ0n) is 8.10. The second kappa shape index (κ2) is 3.57. The van der Waals surface area contributed by atoms with Crippen LogP contribution in [0.2, 0.25) is 0 Å². The van der Waals surface area contributed by atoms with Crippen molar-refractivity contribution in [2.24, 2.45) is 0 Å². The van der Waals surface area contributed by atoms with Crippen LogP contribution in [0.25, 0.3) is 10.9 Å². The highest BCUT2D eigenvalue weighted by Crippen LogP contribution is 2.21. The van der Waals surface area contributed by atoms with Crippen LogP contribution in [0.3, 0.4) is 0 Å². The Morgan fingerprint density at radius 1 is 1.40 bits per heavy atom. The summed E-state index contributed by atoms with van der Waals surface area (Å²) in [5, 5.41) is 9.92. The molecule has 0 saturated carbocycles. The van der Waals surface area contributed by atoms with Crippen molar-refractivity contribution in [2.45, 2.75) is 0 Å². The summed E-state index contributed by atoms with van der Waals surface area (Å²) in [6.07, 6.45) is 1.53. The van der Waals surface area contributed by atoms with Crippen molar-refractivity contribution in [3.63, 3.8) is 0 Å². The standard InChI is InChI=1S/C11H9NO3/c1-15-11(14)8-4-5-12-10-3-2-7(13)6-9(8)10/h2-6,13H,1H3. The second-order valence-corrected chi connectivity index (χ2v) is 3.05. The van der Waals surface area contributed by atoms with Crippen LogP contribution in [0.15, 0.2) is 30.5 Å². The number of fused-ring (bicyclic) bond motifs is 1.